The Labute approximate surface area is 158 Å². The van der Waals surface area contributed by atoms with Crippen molar-refractivity contribution >= 4 is 23.5 Å². The minimum absolute atomic E-state index is 0.179. The molecule has 0 aliphatic carbocycles. The van der Waals surface area contributed by atoms with Crippen molar-refractivity contribution in [2.45, 2.75) is 39.3 Å². The van der Waals surface area contributed by atoms with E-state index in [-0.39, 0.29) is 18.4 Å². The van der Waals surface area contributed by atoms with Gasteiger partial charge in [0.05, 0.1) is 18.7 Å². The highest BCUT2D eigenvalue weighted by Gasteiger charge is 2.34. The summed E-state index contributed by atoms with van der Waals surface area (Å²) in [5.41, 5.74) is 7.04. The summed E-state index contributed by atoms with van der Waals surface area (Å²) in [5.74, 6) is 0.670. The first-order valence-electron chi connectivity index (χ1n) is 9.04. The predicted molar refractivity (Wildman–Crippen MR) is 102 cm³/mol. The van der Waals surface area contributed by atoms with Crippen molar-refractivity contribution in [3.8, 4) is 5.75 Å². The zero-order valence-electron chi connectivity index (χ0n) is 15.5. The molecule has 1 amide bonds. The van der Waals surface area contributed by atoms with Crippen molar-refractivity contribution in [1.29, 1.82) is 0 Å². The molecule has 0 saturated carbocycles. The van der Waals surface area contributed by atoms with E-state index in [1.807, 2.05) is 19.9 Å². The third-order valence-electron chi connectivity index (χ3n) is 4.24. The summed E-state index contributed by atoms with van der Waals surface area (Å²) >= 11 is 0. The minimum atomic E-state index is -0.569. The highest BCUT2D eigenvalue weighted by atomic mass is 16.5. The van der Waals surface area contributed by atoms with E-state index in [4.69, 9.17) is 15.2 Å². The van der Waals surface area contributed by atoms with Crippen LogP contribution in [0.4, 0.5) is 11.6 Å². The second-order valence-corrected chi connectivity index (χ2v) is 6.33. The summed E-state index contributed by atoms with van der Waals surface area (Å²) in [4.78, 5) is 30.8. The Bertz CT molecular complexity index is 853. The van der Waals surface area contributed by atoms with E-state index in [0.29, 0.717) is 36.0 Å². The van der Waals surface area contributed by atoms with Gasteiger partial charge in [-0.05, 0) is 42.7 Å². The number of hydrogen-bond acceptors (Lipinski definition) is 6. The van der Waals surface area contributed by atoms with Crippen LogP contribution in [-0.2, 0) is 16.1 Å². The lowest BCUT2D eigenvalue weighted by Gasteiger charge is -2.33. The normalized spacial score (nSPS) is 15.9. The van der Waals surface area contributed by atoms with Gasteiger partial charge in [-0.2, -0.15) is 0 Å². The molecule has 0 radical (unpaired) electrons. The molecule has 2 N–H and O–H groups in total. The lowest BCUT2D eigenvalue weighted by atomic mass is 10.1. The van der Waals surface area contributed by atoms with Crippen molar-refractivity contribution in [3.63, 3.8) is 0 Å². The van der Waals surface area contributed by atoms with Crippen molar-refractivity contribution in [2.75, 3.05) is 17.2 Å². The topological polar surface area (TPSA) is 94.8 Å². The van der Waals surface area contributed by atoms with Crippen LogP contribution < -0.4 is 15.4 Å². The van der Waals surface area contributed by atoms with E-state index in [1.54, 1.807) is 35.2 Å². The summed E-state index contributed by atoms with van der Waals surface area (Å²) < 4.78 is 10.9. The second kappa shape index (κ2) is 8.07. The van der Waals surface area contributed by atoms with Gasteiger partial charge in [-0.25, -0.2) is 9.78 Å². The first-order valence-corrected chi connectivity index (χ1v) is 9.04. The highest BCUT2D eigenvalue weighted by molar-refractivity contribution is 5.99. The number of aromatic nitrogens is 1. The fourth-order valence-electron chi connectivity index (χ4n) is 2.89. The van der Waals surface area contributed by atoms with Gasteiger partial charge < -0.3 is 15.2 Å². The SMILES string of the molecule is CCCOC(=O)c1cccc(CN2C(=O)C(CC)Oc3ccc(N)nc32)c1. The van der Waals surface area contributed by atoms with Gasteiger partial charge >= 0.3 is 5.97 Å². The molecule has 1 aliphatic rings. The average Bonchev–Trinajstić information content (AvgIpc) is 2.68. The van der Waals surface area contributed by atoms with Crippen LogP contribution in [0.25, 0.3) is 0 Å². The number of carbonyl (C=O) groups excluding carboxylic acids is 2. The third-order valence-corrected chi connectivity index (χ3v) is 4.24. The van der Waals surface area contributed by atoms with Crippen LogP contribution in [-0.4, -0.2) is 29.6 Å². The molecule has 0 bridgehead atoms. The molecule has 7 heteroatoms. The van der Waals surface area contributed by atoms with Crippen LogP contribution in [0.15, 0.2) is 36.4 Å². The van der Waals surface area contributed by atoms with Gasteiger partial charge in [-0.1, -0.05) is 26.0 Å². The molecule has 1 aromatic carbocycles. The maximum Gasteiger partial charge on any atom is 0.338 e. The number of pyridine rings is 1. The zero-order chi connectivity index (χ0) is 19.4. The van der Waals surface area contributed by atoms with Crippen molar-refractivity contribution in [2.24, 2.45) is 0 Å². The molecule has 0 fully saturated rings. The summed E-state index contributed by atoms with van der Waals surface area (Å²) in [7, 11) is 0. The molecule has 1 unspecified atom stereocenters. The Kier molecular flexibility index (Phi) is 5.59. The molecule has 142 valence electrons. The molecule has 1 aromatic heterocycles. The van der Waals surface area contributed by atoms with Crippen LogP contribution in [0.1, 0.15) is 42.6 Å². The first kappa shape index (κ1) is 18.7. The third kappa shape index (κ3) is 4.02. The van der Waals surface area contributed by atoms with E-state index in [2.05, 4.69) is 4.98 Å². The molecule has 2 aromatic rings. The van der Waals surface area contributed by atoms with E-state index < -0.39 is 6.10 Å². The number of fused-ring (bicyclic) bond motifs is 1. The first-order chi connectivity index (χ1) is 13.0. The molecule has 0 saturated heterocycles. The molecule has 0 spiro atoms. The molecule has 27 heavy (non-hydrogen) atoms. The van der Waals surface area contributed by atoms with E-state index in [9.17, 15) is 9.59 Å². The van der Waals surface area contributed by atoms with Gasteiger partial charge in [0.25, 0.3) is 5.91 Å². The Morgan fingerprint density at radius 3 is 2.85 bits per heavy atom. The van der Waals surface area contributed by atoms with Crippen molar-refractivity contribution in [3.05, 3.63) is 47.5 Å². The molecular formula is C20H23N3O4. The van der Waals surface area contributed by atoms with Gasteiger partial charge in [-0.15, -0.1) is 0 Å². The van der Waals surface area contributed by atoms with Crippen molar-refractivity contribution < 1.29 is 19.1 Å². The van der Waals surface area contributed by atoms with Gasteiger partial charge in [0, 0.05) is 0 Å². The number of carbonyl (C=O) groups is 2. The number of benzene rings is 1. The maximum absolute atomic E-state index is 12.8. The van der Waals surface area contributed by atoms with Gasteiger partial charge in [0.15, 0.2) is 17.7 Å². The molecule has 1 atom stereocenters. The van der Waals surface area contributed by atoms with Crippen LogP contribution in [0, 0.1) is 0 Å². The Morgan fingerprint density at radius 2 is 2.11 bits per heavy atom. The smallest absolute Gasteiger partial charge is 0.338 e. The Morgan fingerprint density at radius 1 is 1.30 bits per heavy atom. The number of nitrogens with zero attached hydrogens (tertiary/aromatic N) is 2. The number of amides is 1. The highest BCUT2D eigenvalue weighted by Crippen LogP contribution is 2.34. The van der Waals surface area contributed by atoms with Crippen LogP contribution in [0.3, 0.4) is 0 Å². The number of nitrogen functional groups attached to an aromatic ring is 1. The lowest BCUT2D eigenvalue weighted by Crippen LogP contribution is -2.45. The van der Waals surface area contributed by atoms with E-state index in [0.717, 1.165) is 12.0 Å². The standard InChI is InChI=1S/C20H23N3O4/c1-3-10-26-20(25)14-7-5-6-13(11-14)12-23-18-16(8-9-17(21)22-18)27-15(4-2)19(23)24/h5-9,11,15H,3-4,10,12H2,1-2H3,(H2,21,22). The number of hydrogen-bond donors (Lipinski definition) is 1. The predicted octanol–water partition coefficient (Wildman–Crippen LogP) is 2.93. The molecule has 1 aliphatic heterocycles. The van der Waals surface area contributed by atoms with Gasteiger partial charge in [0.2, 0.25) is 0 Å². The molecular weight excluding hydrogens is 346 g/mol. The fraction of sp³-hybridized carbons (Fsp3) is 0.350. The van der Waals surface area contributed by atoms with Gasteiger partial charge in [0.1, 0.15) is 5.82 Å². The zero-order valence-corrected chi connectivity index (χ0v) is 15.5. The number of nitrogens with two attached hydrogens (primary N) is 1. The van der Waals surface area contributed by atoms with Crippen molar-refractivity contribution in [1.82, 2.24) is 4.98 Å². The summed E-state index contributed by atoms with van der Waals surface area (Å²) in [6.07, 6.45) is 0.735. The number of rotatable bonds is 6. The van der Waals surface area contributed by atoms with E-state index in [1.165, 1.54) is 0 Å². The summed E-state index contributed by atoms with van der Waals surface area (Å²) in [6.45, 7) is 4.46. The van der Waals surface area contributed by atoms with E-state index >= 15 is 0 Å². The maximum atomic E-state index is 12.8. The van der Waals surface area contributed by atoms with Gasteiger partial charge in [-0.3, -0.25) is 9.69 Å². The van der Waals surface area contributed by atoms with Crippen LogP contribution >= 0.6 is 0 Å². The number of anilines is 2. The molecule has 2 heterocycles. The molecule has 3 rings (SSSR count). The quantitative estimate of drug-likeness (QED) is 0.787. The summed E-state index contributed by atoms with van der Waals surface area (Å²) in [6, 6.07) is 10.4. The largest absolute Gasteiger partial charge is 0.477 e. The fourth-order valence-corrected chi connectivity index (χ4v) is 2.89. The molecule has 7 nitrogen and oxygen atoms in total. The van der Waals surface area contributed by atoms with Crippen LogP contribution in [0.2, 0.25) is 0 Å². The number of ether oxygens (including phenoxy) is 2. The average molecular weight is 369 g/mol. The second-order valence-electron chi connectivity index (χ2n) is 6.33. The summed E-state index contributed by atoms with van der Waals surface area (Å²) in [5, 5.41) is 0. The lowest BCUT2D eigenvalue weighted by molar-refractivity contribution is -0.126. The van der Waals surface area contributed by atoms with Crippen LogP contribution in [0.5, 0.6) is 5.75 Å². The number of esters is 1. The Hall–Kier alpha value is -3.09. The monoisotopic (exact) mass is 369 g/mol. The minimum Gasteiger partial charge on any atom is -0.477 e. The Balaban J connectivity index is 1.89.